The zero-order valence-electron chi connectivity index (χ0n) is 11.5. The van der Waals surface area contributed by atoms with Crippen molar-refractivity contribution in [3.8, 4) is 0 Å². The highest BCUT2D eigenvalue weighted by Gasteiger charge is 2.34. The number of anilines is 1. The minimum absolute atomic E-state index is 0.0254. The lowest BCUT2D eigenvalue weighted by molar-refractivity contribution is -0.115. The molecule has 1 aliphatic rings. The van der Waals surface area contributed by atoms with Gasteiger partial charge in [0.2, 0.25) is 5.91 Å². The fourth-order valence-corrected chi connectivity index (χ4v) is 3.72. The van der Waals surface area contributed by atoms with Crippen molar-refractivity contribution < 1.29 is 4.79 Å². The summed E-state index contributed by atoms with van der Waals surface area (Å²) in [4.78, 5) is 18.3. The first-order valence-corrected chi connectivity index (χ1v) is 7.62. The van der Waals surface area contributed by atoms with Crippen molar-refractivity contribution in [1.29, 1.82) is 0 Å². The van der Waals surface area contributed by atoms with Crippen molar-refractivity contribution in [3.63, 3.8) is 0 Å². The quantitative estimate of drug-likeness (QED) is 0.846. The van der Waals surface area contributed by atoms with Crippen LogP contribution in [0, 0.1) is 13.8 Å². The third-order valence-corrected chi connectivity index (χ3v) is 4.53. The van der Waals surface area contributed by atoms with Crippen LogP contribution in [0.4, 0.5) is 5.69 Å². The predicted molar refractivity (Wildman–Crippen MR) is 82.8 cm³/mol. The number of carbonyl (C=O) groups is 1. The second-order valence-electron chi connectivity index (χ2n) is 5.06. The molecular weight excluding hydrogens is 268 g/mol. The van der Waals surface area contributed by atoms with E-state index in [1.807, 2.05) is 23.2 Å². The van der Waals surface area contributed by atoms with Crippen LogP contribution in [0.25, 0.3) is 0 Å². The zero-order valence-corrected chi connectivity index (χ0v) is 12.4. The topological polar surface area (TPSA) is 33.2 Å². The summed E-state index contributed by atoms with van der Waals surface area (Å²) in [6, 6.07) is 10.2. The van der Waals surface area contributed by atoms with Crippen LogP contribution in [-0.2, 0) is 4.79 Å². The highest BCUT2D eigenvalue weighted by molar-refractivity contribution is 8.00. The molecule has 0 saturated carbocycles. The van der Waals surface area contributed by atoms with E-state index >= 15 is 0 Å². The highest BCUT2D eigenvalue weighted by Crippen LogP contribution is 2.41. The Labute approximate surface area is 123 Å². The minimum Gasteiger partial charge on any atom is -0.295 e. The Hall–Kier alpha value is -1.81. The van der Waals surface area contributed by atoms with Crippen molar-refractivity contribution >= 4 is 23.4 Å². The van der Waals surface area contributed by atoms with Crippen molar-refractivity contribution in [2.24, 2.45) is 0 Å². The van der Waals surface area contributed by atoms with Gasteiger partial charge in [0, 0.05) is 23.6 Å². The smallest absolute Gasteiger partial charge is 0.238 e. The van der Waals surface area contributed by atoms with Crippen molar-refractivity contribution in [3.05, 3.63) is 59.4 Å². The molecule has 4 heteroatoms. The van der Waals surface area contributed by atoms with Crippen LogP contribution in [0.5, 0.6) is 0 Å². The van der Waals surface area contributed by atoms with Gasteiger partial charge in [-0.15, -0.1) is 11.8 Å². The normalized spacial score (nSPS) is 18.6. The van der Waals surface area contributed by atoms with Crippen LogP contribution in [-0.4, -0.2) is 16.6 Å². The summed E-state index contributed by atoms with van der Waals surface area (Å²) in [5.41, 5.74) is 4.40. The van der Waals surface area contributed by atoms with Gasteiger partial charge in [0.25, 0.3) is 0 Å². The highest BCUT2D eigenvalue weighted by atomic mass is 32.2. The SMILES string of the molecule is Cc1cc(C)cc(N2C(=O)CSC2c2cccnc2)c1. The molecule has 20 heavy (non-hydrogen) atoms. The minimum atomic E-state index is 0.0254. The van der Waals surface area contributed by atoms with Gasteiger partial charge in [0.05, 0.1) is 5.75 Å². The van der Waals surface area contributed by atoms with E-state index in [0.29, 0.717) is 5.75 Å². The molecule has 0 spiro atoms. The summed E-state index contributed by atoms with van der Waals surface area (Å²) in [5, 5.41) is 0.0254. The van der Waals surface area contributed by atoms with Crippen LogP contribution in [0.15, 0.2) is 42.7 Å². The van der Waals surface area contributed by atoms with Crippen LogP contribution < -0.4 is 4.90 Å². The molecule has 1 fully saturated rings. The maximum atomic E-state index is 12.3. The van der Waals surface area contributed by atoms with Gasteiger partial charge in [-0.25, -0.2) is 0 Å². The Morgan fingerprint density at radius 1 is 1.25 bits per heavy atom. The zero-order chi connectivity index (χ0) is 14.1. The molecule has 1 aromatic carbocycles. The number of thioether (sulfide) groups is 1. The van der Waals surface area contributed by atoms with Gasteiger partial charge in [-0.05, 0) is 43.2 Å². The second kappa shape index (κ2) is 5.29. The van der Waals surface area contributed by atoms with Gasteiger partial charge in [-0.1, -0.05) is 12.1 Å². The van der Waals surface area contributed by atoms with E-state index in [-0.39, 0.29) is 11.3 Å². The van der Waals surface area contributed by atoms with Crippen LogP contribution >= 0.6 is 11.8 Å². The number of pyridine rings is 1. The summed E-state index contributed by atoms with van der Waals surface area (Å²) in [6.45, 7) is 4.12. The Bertz CT molecular complexity index is 622. The summed E-state index contributed by atoms with van der Waals surface area (Å²) >= 11 is 1.65. The number of aromatic nitrogens is 1. The Balaban J connectivity index is 2.02. The number of amides is 1. The number of benzene rings is 1. The van der Waals surface area contributed by atoms with Crippen LogP contribution in [0.2, 0.25) is 0 Å². The molecular formula is C16H16N2OS. The molecule has 0 bridgehead atoms. The molecule has 2 heterocycles. The Morgan fingerprint density at radius 2 is 2.00 bits per heavy atom. The number of rotatable bonds is 2. The molecule has 2 aromatic rings. The average molecular weight is 284 g/mol. The van der Waals surface area contributed by atoms with E-state index in [0.717, 1.165) is 11.3 Å². The number of hydrogen-bond donors (Lipinski definition) is 0. The summed E-state index contributed by atoms with van der Waals surface area (Å²) < 4.78 is 0. The van der Waals surface area contributed by atoms with Gasteiger partial charge in [-0.3, -0.25) is 14.7 Å². The fourth-order valence-electron chi connectivity index (χ4n) is 2.56. The van der Waals surface area contributed by atoms with E-state index in [9.17, 15) is 4.79 Å². The monoisotopic (exact) mass is 284 g/mol. The van der Waals surface area contributed by atoms with Gasteiger partial charge in [-0.2, -0.15) is 0 Å². The lowest BCUT2D eigenvalue weighted by Gasteiger charge is -2.24. The first-order valence-electron chi connectivity index (χ1n) is 6.57. The molecule has 3 rings (SSSR count). The predicted octanol–water partition coefficient (Wildman–Crippen LogP) is 3.48. The molecule has 3 nitrogen and oxygen atoms in total. The fraction of sp³-hybridized carbons (Fsp3) is 0.250. The summed E-state index contributed by atoms with van der Waals surface area (Å²) in [7, 11) is 0. The van der Waals surface area contributed by atoms with E-state index in [1.54, 1.807) is 18.0 Å². The largest absolute Gasteiger partial charge is 0.295 e. The van der Waals surface area contributed by atoms with Crippen LogP contribution in [0.1, 0.15) is 22.1 Å². The van der Waals surface area contributed by atoms with E-state index in [4.69, 9.17) is 0 Å². The molecule has 1 aliphatic heterocycles. The third kappa shape index (κ3) is 2.43. The molecule has 102 valence electrons. The molecule has 0 radical (unpaired) electrons. The molecule has 0 N–H and O–H groups in total. The number of nitrogens with zero attached hydrogens (tertiary/aromatic N) is 2. The Kier molecular flexibility index (Phi) is 3.49. The van der Waals surface area contributed by atoms with E-state index < -0.39 is 0 Å². The molecule has 1 atom stereocenters. The standard InChI is InChI=1S/C16H16N2OS/c1-11-6-12(2)8-14(7-11)18-15(19)10-20-16(18)13-4-3-5-17-9-13/h3-9,16H,10H2,1-2H3. The molecule has 1 saturated heterocycles. The van der Waals surface area contributed by atoms with E-state index in [2.05, 4.69) is 37.0 Å². The van der Waals surface area contributed by atoms with Crippen molar-refractivity contribution in [2.45, 2.75) is 19.2 Å². The summed E-state index contributed by atoms with van der Waals surface area (Å²) in [6.07, 6.45) is 3.60. The first kappa shape index (κ1) is 13.2. The first-order chi connectivity index (χ1) is 9.65. The maximum absolute atomic E-state index is 12.3. The Morgan fingerprint density at radius 3 is 2.65 bits per heavy atom. The van der Waals surface area contributed by atoms with Crippen molar-refractivity contribution in [1.82, 2.24) is 4.98 Å². The second-order valence-corrected chi connectivity index (χ2v) is 6.13. The van der Waals surface area contributed by atoms with Crippen molar-refractivity contribution in [2.75, 3.05) is 10.7 Å². The maximum Gasteiger partial charge on any atom is 0.238 e. The van der Waals surface area contributed by atoms with Gasteiger partial charge < -0.3 is 0 Å². The van der Waals surface area contributed by atoms with Gasteiger partial charge in [0.15, 0.2) is 0 Å². The van der Waals surface area contributed by atoms with Gasteiger partial charge >= 0.3 is 0 Å². The molecule has 0 aliphatic carbocycles. The molecule has 1 unspecified atom stereocenters. The third-order valence-electron chi connectivity index (χ3n) is 3.32. The average Bonchev–Trinajstić information content (AvgIpc) is 2.80. The number of hydrogen-bond acceptors (Lipinski definition) is 3. The van der Waals surface area contributed by atoms with Crippen LogP contribution in [0.3, 0.4) is 0 Å². The lowest BCUT2D eigenvalue weighted by Crippen LogP contribution is -2.28. The number of aryl methyl sites for hydroxylation is 2. The molecule has 1 aromatic heterocycles. The lowest BCUT2D eigenvalue weighted by atomic mass is 10.1. The number of carbonyl (C=O) groups excluding carboxylic acids is 1. The summed E-state index contributed by atoms with van der Waals surface area (Å²) in [5.74, 6) is 0.681. The van der Waals surface area contributed by atoms with E-state index in [1.165, 1.54) is 11.1 Å². The molecule has 1 amide bonds. The van der Waals surface area contributed by atoms with Gasteiger partial charge in [0.1, 0.15) is 5.37 Å².